The van der Waals surface area contributed by atoms with Crippen molar-refractivity contribution in [1.29, 1.82) is 0 Å². The molecule has 1 aliphatic rings. The summed E-state index contributed by atoms with van der Waals surface area (Å²) < 4.78 is 0. The van der Waals surface area contributed by atoms with E-state index in [1.807, 2.05) is 17.4 Å². The van der Waals surface area contributed by atoms with Crippen LogP contribution in [0.2, 0.25) is 5.02 Å². The number of hydrogen-bond donors (Lipinski definition) is 1. The minimum absolute atomic E-state index is 0.578. The van der Waals surface area contributed by atoms with Gasteiger partial charge in [-0.25, -0.2) is 0 Å². The van der Waals surface area contributed by atoms with Gasteiger partial charge >= 0.3 is 0 Å². The lowest BCUT2D eigenvalue weighted by molar-refractivity contribution is 0.158. The van der Waals surface area contributed by atoms with E-state index in [0.717, 1.165) is 11.6 Å². The van der Waals surface area contributed by atoms with Crippen LogP contribution in [0, 0.1) is 5.41 Å². The lowest BCUT2D eigenvalue weighted by atomic mass is 9.69. The fourth-order valence-corrected chi connectivity index (χ4v) is 4.33. The van der Waals surface area contributed by atoms with E-state index >= 15 is 0 Å². The maximum Gasteiger partial charge on any atom is 0.0544 e. The topological polar surface area (TPSA) is 12.0 Å². The average molecular weight is 286 g/mol. The summed E-state index contributed by atoms with van der Waals surface area (Å²) in [5.41, 5.74) is 0.578. The fraction of sp³-hybridized carbons (Fsp3) is 0.733. The van der Waals surface area contributed by atoms with Gasteiger partial charge < -0.3 is 5.32 Å². The summed E-state index contributed by atoms with van der Waals surface area (Å²) in [7, 11) is 2.06. The van der Waals surface area contributed by atoms with E-state index in [1.165, 1.54) is 56.2 Å². The lowest BCUT2D eigenvalue weighted by Crippen LogP contribution is -2.28. The zero-order chi connectivity index (χ0) is 12.8. The molecule has 2 rings (SSSR count). The number of aryl methyl sites for hydroxylation is 1. The van der Waals surface area contributed by atoms with Crippen LogP contribution in [0.3, 0.4) is 0 Å². The van der Waals surface area contributed by atoms with Gasteiger partial charge in [0.15, 0.2) is 0 Å². The number of halogens is 1. The quantitative estimate of drug-likeness (QED) is 0.784. The molecule has 1 N–H and O–H groups in total. The Morgan fingerprint density at radius 2 is 2.06 bits per heavy atom. The van der Waals surface area contributed by atoms with E-state index in [2.05, 4.69) is 17.7 Å². The minimum atomic E-state index is 0.578. The summed E-state index contributed by atoms with van der Waals surface area (Å²) >= 11 is 8.02. The van der Waals surface area contributed by atoms with E-state index in [0.29, 0.717) is 5.41 Å². The molecule has 0 bridgehead atoms. The van der Waals surface area contributed by atoms with E-state index < -0.39 is 0 Å². The first kappa shape index (κ1) is 14.4. The monoisotopic (exact) mass is 285 g/mol. The van der Waals surface area contributed by atoms with Crippen molar-refractivity contribution in [3.8, 4) is 0 Å². The van der Waals surface area contributed by atoms with Crippen molar-refractivity contribution in [3.63, 3.8) is 0 Å². The van der Waals surface area contributed by atoms with Gasteiger partial charge in [-0.05, 0) is 62.6 Å². The van der Waals surface area contributed by atoms with Crippen LogP contribution in [0.5, 0.6) is 0 Å². The van der Waals surface area contributed by atoms with E-state index in [9.17, 15) is 0 Å². The van der Waals surface area contributed by atoms with Gasteiger partial charge in [-0.1, -0.05) is 30.9 Å². The van der Waals surface area contributed by atoms with Gasteiger partial charge in [0.05, 0.1) is 5.02 Å². The second kappa shape index (κ2) is 6.93. The second-order valence-corrected chi connectivity index (χ2v) is 7.01. The first-order chi connectivity index (χ1) is 8.76. The van der Waals surface area contributed by atoms with Crippen molar-refractivity contribution in [1.82, 2.24) is 5.32 Å². The van der Waals surface area contributed by atoms with Crippen LogP contribution in [0.15, 0.2) is 11.4 Å². The molecule has 1 fully saturated rings. The third-order valence-electron chi connectivity index (χ3n) is 4.39. The second-order valence-electron chi connectivity index (χ2n) is 5.61. The third kappa shape index (κ3) is 3.72. The molecule has 1 heterocycles. The summed E-state index contributed by atoms with van der Waals surface area (Å²) in [6, 6.07) is 2.03. The zero-order valence-corrected chi connectivity index (χ0v) is 12.9. The highest BCUT2D eigenvalue weighted by Crippen LogP contribution is 2.43. The Hall–Kier alpha value is -0.0500. The van der Waals surface area contributed by atoms with Crippen molar-refractivity contribution >= 4 is 22.9 Å². The minimum Gasteiger partial charge on any atom is -0.320 e. The van der Waals surface area contributed by atoms with Crippen LogP contribution >= 0.6 is 22.9 Å². The van der Waals surface area contributed by atoms with Crippen molar-refractivity contribution in [2.24, 2.45) is 5.41 Å². The maximum absolute atomic E-state index is 6.21. The Morgan fingerprint density at radius 1 is 1.28 bits per heavy atom. The van der Waals surface area contributed by atoms with Gasteiger partial charge in [0.1, 0.15) is 0 Å². The van der Waals surface area contributed by atoms with Gasteiger partial charge in [0.25, 0.3) is 0 Å². The average Bonchev–Trinajstić information content (AvgIpc) is 2.81. The summed E-state index contributed by atoms with van der Waals surface area (Å²) in [6.07, 6.45) is 10.9. The molecule has 1 aromatic rings. The van der Waals surface area contributed by atoms with Crippen LogP contribution in [-0.4, -0.2) is 13.6 Å². The van der Waals surface area contributed by atoms with E-state index in [-0.39, 0.29) is 0 Å². The Balaban J connectivity index is 1.94. The highest BCUT2D eigenvalue weighted by Gasteiger charge is 2.31. The predicted molar refractivity (Wildman–Crippen MR) is 81.7 cm³/mol. The molecule has 0 atom stereocenters. The summed E-state index contributed by atoms with van der Waals surface area (Å²) in [5.74, 6) is 0. The Bertz CT molecular complexity index is 355. The number of rotatable bonds is 6. The molecule has 1 saturated carbocycles. The molecular weight excluding hydrogens is 262 g/mol. The van der Waals surface area contributed by atoms with Crippen LogP contribution < -0.4 is 5.32 Å². The highest BCUT2D eigenvalue weighted by atomic mass is 35.5. The molecule has 0 aromatic carbocycles. The largest absolute Gasteiger partial charge is 0.320 e. The van der Waals surface area contributed by atoms with E-state index in [4.69, 9.17) is 11.6 Å². The van der Waals surface area contributed by atoms with Crippen molar-refractivity contribution in [3.05, 3.63) is 21.3 Å². The van der Waals surface area contributed by atoms with Crippen LogP contribution in [0.1, 0.15) is 49.8 Å². The molecule has 1 aromatic heterocycles. The Kier molecular flexibility index (Phi) is 5.53. The molecule has 0 aliphatic heterocycles. The number of nitrogens with one attached hydrogen (secondary N) is 1. The number of hydrogen-bond acceptors (Lipinski definition) is 2. The van der Waals surface area contributed by atoms with Crippen molar-refractivity contribution in [2.45, 2.75) is 51.4 Å². The fourth-order valence-electron chi connectivity index (χ4n) is 3.20. The van der Waals surface area contributed by atoms with Crippen molar-refractivity contribution < 1.29 is 0 Å². The molecule has 3 heteroatoms. The molecule has 1 nitrogen and oxygen atoms in total. The number of thiophene rings is 1. The third-order valence-corrected chi connectivity index (χ3v) is 5.84. The lowest BCUT2D eigenvalue weighted by Gasteiger charge is -2.37. The van der Waals surface area contributed by atoms with Crippen LogP contribution in [-0.2, 0) is 6.42 Å². The van der Waals surface area contributed by atoms with Gasteiger partial charge in [0, 0.05) is 4.88 Å². The summed E-state index contributed by atoms with van der Waals surface area (Å²) in [6.45, 7) is 1.15. The van der Waals surface area contributed by atoms with Crippen molar-refractivity contribution in [2.75, 3.05) is 13.6 Å². The molecule has 1 aliphatic carbocycles. The SMILES string of the molecule is CNCCC1(CCc2sccc2Cl)CCCCC1. The molecule has 0 amide bonds. The predicted octanol–water partition coefficient (Wildman–Crippen LogP) is 4.89. The molecule has 18 heavy (non-hydrogen) atoms. The summed E-state index contributed by atoms with van der Waals surface area (Å²) in [4.78, 5) is 1.38. The maximum atomic E-state index is 6.21. The molecular formula is C15H24ClNS. The highest BCUT2D eigenvalue weighted by molar-refractivity contribution is 7.10. The Morgan fingerprint density at radius 3 is 2.67 bits per heavy atom. The first-order valence-electron chi connectivity index (χ1n) is 7.12. The van der Waals surface area contributed by atoms with Gasteiger partial charge in [-0.2, -0.15) is 0 Å². The first-order valence-corrected chi connectivity index (χ1v) is 8.38. The normalized spacial score (nSPS) is 19.0. The molecule has 0 radical (unpaired) electrons. The van der Waals surface area contributed by atoms with Gasteiger partial charge in [-0.3, -0.25) is 0 Å². The molecule has 0 saturated heterocycles. The van der Waals surface area contributed by atoms with E-state index in [1.54, 1.807) is 0 Å². The van der Waals surface area contributed by atoms with Gasteiger partial charge in [-0.15, -0.1) is 11.3 Å². The molecule has 102 valence electrons. The summed E-state index contributed by atoms with van der Waals surface area (Å²) in [5, 5.41) is 6.40. The molecule has 0 unspecified atom stereocenters. The van der Waals surface area contributed by atoms with Crippen LogP contribution in [0.4, 0.5) is 0 Å². The Labute approximate surface area is 120 Å². The van der Waals surface area contributed by atoms with Crippen LogP contribution in [0.25, 0.3) is 0 Å². The molecule has 0 spiro atoms. The smallest absolute Gasteiger partial charge is 0.0544 e. The standard InChI is InChI=1S/C15H24ClNS/c1-17-11-10-15(7-3-2-4-8-15)9-5-14-13(16)6-12-18-14/h6,12,17H,2-5,7-11H2,1H3. The zero-order valence-electron chi connectivity index (χ0n) is 11.3. The van der Waals surface area contributed by atoms with Gasteiger partial charge in [0.2, 0.25) is 0 Å².